The van der Waals surface area contributed by atoms with Crippen molar-refractivity contribution in [3.05, 3.63) is 51.7 Å². The van der Waals surface area contributed by atoms with Crippen molar-refractivity contribution in [1.29, 1.82) is 0 Å². The molecule has 0 bridgehead atoms. The van der Waals surface area contributed by atoms with Gasteiger partial charge in [-0.3, -0.25) is 9.20 Å². The van der Waals surface area contributed by atoms with Crippen molar-refractivity contribution in [2.24, 2.45) is 0 Å². The number of anilines is 1. The highest BCUT2D eigenvalue weighted by atomic mass is 32.2. The number of hydrogen-bond donors (Lipinski definition) is 1. The number of rotatable bonds is 3. The van der Waals surface area contributed by atoms with E-state index in [1.807, 2.05) is 26.0 Å². The van der Waals surface area contributed by atoms with Crippen molar-refractivity contribution in [3.63, 3.8) is 0 Å². The van der Waals surface area contributed by atoms with E-state index < -0.39 is 0 Å². The van der Waals surface area contributed by atoms with Gasteiger partial charge in [-0.05, 0) is 25.5 Å². The molecule has 2 N–H and O–H groups in total. The second-order valence-electron chi connectivity index (χ2n) is 4.68. The monoisotopic (exact) mass is 318 g/mol. The molecule has 0 aliphatic carbocycles. The minimum Gasteiger partial charge on any atom is -0.375 e. The molecule has 3 aromatic rings. The zero-order valence-electron chi connectivity index (χ0n) is 11.7. The smallest absolute Gasteiger partial charge is 0.258 e. The number of pyridine rings is 1. The Morgan fingerprint density at radius 3 is 2.90 bits per heavy atom. The Bertz CT molecular complexity index is 869. The molecule has 3 aromatic heterocycles. The first-order valence-electron chi connectivity index (χ1n) is 6.38. The molecule has 0 unspecified atom stereocenters. The van der Waals surface area contributed by atoms with Crippen LogP contribution >= 0.6 is 23.1 Å². The van der Waals surface area contributed by atoms with Gasteiger partial charge < -0.3 is 5.73 Å². The maximum atomic E-state index is 12.1. The van der Waals surface area contributed by atoms with E-state index in [4.69, 9.17) is 5.73 Å². The lowest BCUT2D eigenvalue weighted by molar-refractivity contribution is 1.00. The summed E-state index contributed by atoms with van der Waals surface area (Å²) in [6.45, 7) is 3.88. The van der Waals surface area contributed by atoms with E-state index >= 15 is 0 Å². The molecule has 0 aromatic carbocycles. The minimum atomic E-state index is -0.0557. The fourth-order valence-corrected chi connectivity index (χ4v) is 3.97. The summed E-state index contributed by atoms with van der Waals surface area (Å²) >= 11 is 3.07. The van der Waals surface area contributed by atoms with Crippen molar-refractivity contribution in [2.75, 3.05) is 5.73 Å². The predicted molar refractivity (Wildman–Crippen MR) is 87.0 cm³/mol. The third-order valence-electron chi connectivity index (χ3n) is 3.06. The van der Waals surface area contributed by atoms with Gasteiger partial charge in [-0.25, -0.2) is 9.97 Å². The summed E-state index contributed by atoms with van der Waals surface area (Å²) in [6.07, 6.45) is 1.74. The largest absolute Gasteiger partial charge is 0.375 e. The lowest BCUT2D eigenvalue weighted by atomic mass is 10.3. The lowest BCUT2D eigenvalue weighted by Gasteiger charge is -2.05. The number of nitrogens with zero attached hydrogens (tertiary/aromatic N) is 3. The Morgan fingerprint density at radius 2 is 2.19 bits per heavy atom. The van der Waals surface area contributed by atoms with E-state index in [0.717, 1.165) is 21.2 Å². The summed E-state index contributed by atoms with van der Waals surface area (Å²) in [6, 6.07) is 5.38. The van der Waals surface area contributed by atoms with Gasteiger partial charge in [0.15, 0.2) is 5.13 Å². The van der Waals surface area contributed by atoms with E-state index in [-0.39, 0.29) is 5.56 Å². The fourth-order valence-electron chi connectivity index (χ4n) is 2.06. The van der Waals surface area contributed by atoms with Crippen LogP contribution in [0.15, 0.2) is 33.4 Å². The molecule has 7 heteroatoms. The third kappa shape index (κ3) is 2.79. The van der Waals surface area contributed by atoms with Crippen molar-refractivity contribution >= 4 is 33.9 Å². The maximum Gasteiger partial charge on any atom is 0.258 e. The molecule has 0 aliphatic rings. The summed E-state index contributed by atoms with van der Waals surface area (Å²) in [5.74, 6) is 0.628. The fraction of sp³-hybridized carbons (Fsp3) is 0.214. The van der Waals surface area contributed by atoms with Gasteiger partial charge >= 0.3 is 0 Å². The van der Waals surface area contributed by atoms with E-state index in [2.05, 4.69) is 9.97 Å². The van der Waals surface area contributed by atoms with E-state index in [1.165, 1.54) is 11.3 Å². The Labute approximate surface area is 129 Å². The normalized spacial score (nSPS) is 11.1. The number of thioether (sulfide) groups is 1. The zero-order valence-corrected chi connectivity index (χ0v) is 13.3. The van der Waals surface area contributed by atoms with Gasteiger partial charge in [0.2, 0.25) is 0 Å². The first-order valence-corrected chi connectivity index (χ1v) is 8.18. The second-order valence-corrected chi connectivity index (χ2v) is 6.96. The zero-order chi connectivity index (χ0) is 15.0. The van der Waals surface area contributed by atoms with Gasteiger partial charge in [0.1, 0.15) is 5.65 Å². The summed E-state index contributed by atoms with van der Waals surface area (Å²) in [5.41, 5.74) is 9.03. The minimum absolute atomic E-state index is 0.0557. The maximum absolute atomic E-state index is 12.1. The van der Waals surface area contributed by atoms with Crippen molar-refractivity contribution in [1.82, 2.24) is 14.4 Å². The lowest BCUT2D eigenvalue weighted by Crippen LogP contribution is -2.15. The highest BCUT2D eigenvalue weighted by Gasteiger charge is 2.09. The van der Waals surface area contributed by atoms with Gasteiger partial charge in [-0.1, -0.05) is 17.4 Å². The predicted octanol–water partition coefficient (Wildman–Crippen LogP) is 2.64. The van der Waals surface area contributed by atoms with Crippen LogP contribution in [0.1, 0.15) is 17.0 Å². The summed E-state index contributed by atoms with van der Waals surface area (Å²) in [7, 11) is 0. The molecule has 21 heavy (non-hydrogen) atoms. The Morgan fingerprint density at radius 1 is 1.38 bits per heavy atom. The topological polar surface area (TPSA) is 73.3 Å². The molecule has 0 amide bonds. The van der Waals surface area contributed by atoms with E-state index in [1.54, 1.807) is 28.4 Å². The quantitative estimate of drug-likeness (QED) is 0.752. The molecule has 0 atom stereocenters. The van der Waals surface area contributed by atoms with Crippen LogP contribution in [0.2, 0.25) is 0 Å². The summed E-state index contributed by atoms with van der Waals surface area (Å²) in [4.78, 5) is 20.9. The Kier molecular flexibility index (Phi) is 3.69. The van der Waals surface area contributed by atoms with Crippen LogP contribution in [0.4, 0.5) is 5.13 Å². The van der Waals surface area contributed by atoms with Gasteiger partial charge in [-0.15, -0.1) is 11.8 Å². The molecule has 5 nitrogen and oxygen atoms in total. The number of nitrogens with two attached hydrogens (primary N) is 1. The number of thiazole rings is 1. The highest BCUT2D eigenvalue weighted by molar-refractivity contribution is 8.00. The van der Waals surface area contributed by atoms with Crippen molar-refractivity contribution in [3.8, 4) is 0 Å². The Hall–Kier alpha value is -1.86. The molecule has 108 valence electrons. The average Bonchev–Trinajstić information content (AvgIpc) is 2.76. The first-order chi connectivity index (χ1) is 10.0. The molecule has 0 spiro atoms. The molecule has 0 saturated carbocycles. The number of aryl methyl sites for hydroxylation is 2. The van der Waals surface area contributed by atoms with Crippen LogP contribution in [-0.2, 0) is 5.75 Å². The van der Waals surface area contributed by atoms with Crippen LogP contribution in [-0.4, -0.2) is 14.4 Å². The standard InChI is InChI=1S/C14H14N4OS2/c1-8-4-3-5-18-11(19)6-10(17-12(8)18)7-20-13-9(2)16-14(15)21-13/h3-6H,7H2,1-2H3,(H2,15,16). The molecular formula is C14H14N4OS2. The van der Waals surface area contributed by atoms with E-state index in [9.17, 15) is 4.79 Å². The highest BCUT2D eigenvalue weighted by Crippen LogP contribution is 2.32. The van der Waals surface area contributed by atoms with Crippen LogP contribution in [0.25, 0.3) is 5.65 Å². The van der Waals surface area contributed by atoms with Crippen LogP contribution in [0.3, 0.4) is 0 Å². The van der Waals surface area contributed by atoms with E-state index in [0.29, 0.717) is 16.5 Å². The SMILES string of the molecule is Cc1nc(N)sc1SCc1cc(=O)n2cccc(C)c2n1. The third-order valence-corrected chi connectivity index (χ3v) is 5.44. The number of aromatic nitrogens is 3. The molecule has 0 fully saturated rings. The first kappa shape index (κ1) is 14.1. The van der Waals surface area contributed by atoms with Crippen molar-refractivity contribution in [2.45, 2.75) is 23.8 Å². The number of nitrogen functional groups attached to an aromatic ring is 1. The summed E-state index contributed by atoms with van der Waals surface area (Å²) < 4.78 is 2.64. The van der Waals surface area contributed by atoms with Gasteiger partial charge in [0, 0.05) is 18.0 Å². The van der Waals surface area contributed by atoms with Crippen LogP contribution in [0, 0.1) is 13.8 Å². The van der Waals surface area contributed by atoms with Gasteiger partial charge in [0.25, 0.3) is 5.56 Å². The average molecular weight is 318 g/mol. The molecular weight excluding hydrogens is 304 g/mol. The molecule has 0 saturated heterocycles. The number of fused-ring (bicyclic) bond motifs is 1. The van der Waals surface area contributed by atoms with Crippen LogP contribution < -0.4 is 11.3 Å². The van der Waals surface area contributed by atoms with Gasteiger partial charge in [0.05, 0.1) is 15.6 Å². The second kappa shape index (κ2) is 5.50. The molecule has 0 radical (unpaired) electrons. The Balaban J connectivity index is 1.93. The number of hydrogen-bond acceptors (Lipinski definition) is 6. The molecule has 3 heterocycles. The van der Waals surface area contributed by atoms with Crippen LogP contribution in [0.5, 0.6) is 0 Å². The summed E-state index contributed by atoms with van der Waals surface area (Å²) in [5, 5.41) is 0.567. The molecule has 3 rings (SSSR count). The molecule has 0 aliphatic heterocycles. The van der Waals surface area contributed by atoms with Gasteiger partial charge in [-0.2, -0.15) is 0 Å². The van der Waals surface area contributed by atoms with Crippen molar-refractivity contribution < 1.29 is 0 Å².